The number of methoxy groups -OCH3 is 1. The molecule has 152 valence electrons. The standard InChI is InChI=1S/C19H24F2N4O2S/c1-22-19(25-9-7-24(8-10-25)17-4-3-11-28-17)23-13-14-5-6-15(26-2)16(12-14)27-18(20)21/h3-6,11-12,18H,7-10,13H2,1-2H3,(H,22,23). The van der Waals surface area contributed by atoms with Gasteiger partial charge in [0.2, 0.25) is 0 Å². The van der Waals surface area contributed by atoms with Crippen LogP contribution < -0.4 is 19.7 Å². The topological polar surface area (TPSA) is 49.3 Å². The minimum Gasteiger partial charge on any atom is -0.493 e. The Labute approximate surface area is 167 Å². The van der Waals surface area contributed by atoms with Crippen LogP contribution in [-0.4, -0.2) is 57.8 Å². The summed E-state index contributed by atoms with van der Waals surface area (Å²) in [4.78, 5) is 8.92. The van der Waals surface area contributed by atoms with Crippen molar-refractivity contribution < 1.29 is 18.3 Å². The van der Waals surface area contributed by atoms with Crippen LogP contribution in [0.5, 0.6) is 11.5 Å². The molecule has 0 radical (unpaired) electrons. The van der Waals surface area contributed by atoms with Crippen LogP contribution in [0.25, 0.3) is 0 Å². The van der Waals surface area contributed by atoms with Crippen LogP contribution in [0.2, 0.25) is 0 Å². The summed E-state index contributed by atoms with van der Waals surface area (Å²) in [5, 5.41) is 6.67. The highest BCUT2D eigenvalue weighted by Crippen LogP contribution is 2.29. The monoisotopic (exact) mass is 410 g/mol. The maximum atomic E-state index is 12.6. The summed E-state index contributed by atoms with van der Waals surface area (Å²) in [6.07, 6.45) is 0. The van der Waals surface area contributed by atoms with E-state index in [1.54, 1.807) is 30.5 Å². The quantitative estimate of drug-likeness (QED) is 0.585. The Kier molecular flexibility index (Phi) is 6.91. The molecule has 0 amide bonds. The largest absolute Gasteiger partial charge is 0.493 e. The lowest BCUT2D eigenvalue weighted by Crippen LogP contribution is -2.52. The van der Waals surface area contributed by atoms with E-state index in [1.807, 2.05) is 6.07 Å². The number of thiophene rings is 1. The minimum absolute atomic E-state index is 0.0244. The fourth-order valence-corrected chi connectivity index (χ4v) is 3.91. The third-order valence-corrected chi connectivity index (χ3v) is 5.43. The number of piperazine rings is 1. The number of hydrogen-bond acceptors (Lipinski definition) is 5. The van der Waals surface area contributed by atoms with Crippen molar-refractivity contribution in [2.75, 3.05) is 45.2 Å². The van der Waals surface area contributed by atoms with Gasteiger partial charge in [0, 0.05) is 39.8 Å². The number of hydrogen-bond donors (Lipinski definition) is 1. The van der Waals surface area contributed by atoms with Gasteiger partial charge in [-0.2, -0.15) is 8.78 Å². The zero-order valence-electron chi connectivity index (χ0n) is 15.9. The molecule has 1 aromatic carbocycles. The third kappa shape index (κ3) is 5.03. The number of alkyl halides is 2. The van der Waals surface area contributed by atoms with Gasteiger partial charge >= 0.3 is 6.61 Å². The molecule has 2 heterocycles. The minimum atomic E-state index is -2.90. The van der Waals surface area contributed by atoms with Gasteiger partial charge in [-0.15, -0.1) is 11.3 Å². The van der Waals surface area contributed by atoms with Gasteiger partial charge in [-0.25, -0.2) is 0 Å². The number of halogens is 2. The Bertz CT molecular complexity index is 778. The molecule has 0 spiro atoms. The van der Waals surface area contributed by atoms with E-state index >= 15 is 0 Å². The number of ether oxygens (including phenoxy) is 2. The molecule has 0 atom stereocenters. The molecule has 1 aromatic heterocycles. The summed E-state index contributed by atoms with van der Waals surface area (Å²) in [6, 6.07) is 9.19. The number of guanidine groups is 1. The van der Waals surface area contributed by atoms with Crippen molar-refractivity contribution >= 4 is 22.3 Å². The van der Waals surface area contributed by atoms with E-state index in [9.17, 15) is 8.78 Å². The normalized spacial score (nSPS) is 15.1. The molecule has 3 rings (SSSR count). The van der Waals surface area contributed by atoms with Crippen molar-refractivity contribution in [3.05, 3.63) is 41.3 Å². The van der Waals surface area contributed by atoms with Crippen LogP contribution in [-0.2, 0) is 6.54 Å². The van der Waals surface area contributed by atoms with E-state index in [0.717, 1.165) is 37.7 Å². The number of rotatable bonds is 6. The molecule has 0 saturated carbocycles. The molecule has 2 aromatic rings. The van der Waals surface area contributed by atoms with E-state index in [4.69, 9.17) is 4.74 Å². The summed E-state index contributed by atoms with van der Waals surface area (Å²) in [7, 11) is 3.16. The first-order valence-electron chi connectivity index (χ1n) is 8.96. The Morgan fingerprint density at radius 2 is 2.00 bits per heavy atom. The summed E-state index contributed by atoms with van der Waals surface area (Å²) in [5.41, 5.74) is 0.801. The third-order valence-electron chi connectivity index (χ3n) is 4.50. The number of nitrogens with one attached hydrogen (secondary N) is 1. The second-order valence-corrected chi connectivity index (χ2v) is 7.12. The smallest absolute Gasteiger partial charge is 0.387 e. The highest BCUT2D eigenvalue weighted by atomic mass is 32.1. The van der Waals surface area contributed by atoms with E-state index in [2.05, 4.69) is 42.4 Å². The van der Waals surface area contributed by atoms with E-state index in [-0.39, 0.29) is 11.5 Å². The maximum absolute atomic E-state index is 12.6. The van der Waals surface area contributed by atoms with Gasteiger partial charge in [0.1, 0.15) is 0 Å². The van der Waals surface area contributed by atoms with Crippen molar-refractivity contribution in [1.29, 1.82) is 0 Å². The molecule has 9 heteroatoms. The first-order valence-corrected chi connectivity index (χ1v) is 9.84. The van der Waals surface area contributed by atoms with Gasteiger partial charge in [-0.3, -0.25) is 4.99 Å². The average molecular weight is 410 g/mol. The predicted molar refractivity (Wildman–Crippen MR) is 108 cm³/mol. The average Bonchev–Trinajstić information content (AvgIpc) is 3.23. The van der Waals surface area contributed by atoms with Crippen LogP contribution in [0.15, 0.2) is 40.7 Å². The van der Waals surface area contributed by atoms with Crippen LogP contribution in [0, 0.1) is 0 Å². The maximum Gasteiger partial charge on any atom is 0.387 e. The molecule has 1 N–H and O–H groups in total. The molecule has 0 unspecified atom stereocenters. The van der Waals surface area contributed by atoms with Gasteiger partial charge < -0.3 is 24.6 Å². The van der Waals surface area contributed by atoms with Gasteiger partial charge in [-0.05, 0) is 35.2 Å². The van der Waals surface area contributed by atoms with Gasteiger partial charge in [0.15, 0.2) is 17.5 Å². The van der Waals surface area contributed by atoms with Crippen molar-refractivity contribution in [1.82, 2.24) is 10.2 Å². The molecule has 28 heavy (non-hydrogen) atoms. The lowest BCUT2D eigenvalue weighted by atomic mass is 10.2. The second kappa shape index (κ2) is 9.59. The molecule has 0 aliphatic carbocycles. The lowest BCUT2D eigenvalue weighted by molar-refractivity contribution is -0.0512. The molecule has 1 aliphatic rings. The summed E-state index contributed by atoms with van der Waals surface area (Å²) in [6.45, 7) is 1.12. The Morgan fingerprint density at radius 1 is 1.21 bits per heavy atom. The van der Waals surface area contributed by atoms with Crippen LogP contribution in [0.4, 0.5) is 13.8 Å². The Balaban J connectivity index is 1.57. The number of nitrogens with zero attached hydrogens (tertiary/aromatic N) is 3. The van der Waals surface area contributed by atoms with Crippen molar-refractivity contribution in [2.24, 2.45) is 4.99 Å². The molecule has 1 aliphatic heterocycles. The van der Waals surface area contributed by atoms with Gasteiger partial charge in [0.25, 0.3) is 0 Å². The number of benzene rings is 1. The predicted octanol–water partition coefficient (Wildman–Crippen LogP) is 3.26. The van der Waals surface area contributed by atoms with Crippen LogP contribution in [0.1, 0.15) is 5.56 Å². The van der Waals surface area contributed by atoms with Gasteiger partial charge in [-0.1, -0.05) is 6.07 Å². The summed E-state index contributed by atoms with van der Waals surface area (Å²) >= 11 is 1.75. The van der Waals surface area contributed by atoms with Crippen molar-refractivity contribution in [2.45, 2.75) is 13.2 Å². The van der Waals surface area contributed by atoms with E-state index < -0.39 is 6.61 Å². The number of aliphatic imine (C=N–C) groups is 1. The molecule has 1 fully saturated rings. The zero-order chi connectivity index (χ0) is 19.9. The first kappa shape index (κ1) is 20.2. The molecule has 1 saturated heterocycles. The van der Waals surface area contributed by atoms with E-state index in [0.29, 0.717) is 6.54 Å². The molecular weight excluding hydrogens is 386 g/mol. The Morgan fingerprint density at radius 3 is 2.61 bits per heavy atom. The SMILES string of the molecule is CN=C(NCc1ccc(OC)c(OC(F)F)c1)N1CCN(c2cccs2)CC1. The van der Waals surface area contributed by atoms with Crippen molar-refractivity contribution in [3.8, 4) is 11.5 Å². The zero-order valence-corrected chi connectivity index (χ0v) is 16.7. The lowest BCUT2D eigenvalue weighted by Gasteiger charge is -2.37. The Hall–Kier alpha value is -2.55. The van der Waals surface area contributed by atoms with Gasteiger partial charge in [0.05, 0.1) is 12.1 Å². The molecular formula is C19H24F2N4O2S. The highest BCUT2D eigenvalue weighted by Gasteiger charge is 2.20. The highest BCUT2D eigenvalue weighted by molar-refractivity contribution is 7.14. The first-order chi connectivity index (χ1) is 13.6. The van der Waals surface area contributed by atoms with Crippen LogP contribution in [0.3, 0.4) is 0 Å². The number of anilines is 1. The fourth-order valence-electron chi connectivity index (χ4n) is 3.12. The molecule has 0 bridgehead atoms. The summed E-state index contributed by atoms with van der Waals surface area (Å²) < 4.78 is 34.8. The second-order valence-electron chi connectivity index (χ2n) is 6.19. The fraction of sp³-hybridized carbons (Fsp3) is 0.421. The van der Waals surface area contributed by atoms with Crippen LogP contribution >= 0.6 is 11.3 Å². The summed E-state index contributed by atoms with van der Waals surface area (Å²) in [5.74, 6) is 1.09. The van der Waals surface area contributed by atoms with E-state index in [1.165, 1.54) is 12.1 Å². The van der Waals surface area contributed by atoms with Crippen molar-refractivity contribution in [3.63, 3.8) is 0 Å². The molecule has 6 nitrogen and oxygen atoms in total.